The largest absolute Gasteiger partial charge is 0.320 e. The summed E-state index contributed by atoms with van der Waals surface area (Å²) in [6, 6.07) is 16.7. The molecule has 4 nitrogen and oxygen atoms in total. The Morgan fingerprint density at radius 2 is 1.91 bits per heavy atom. The quantitative estimate of drug-likeness (QED) is 0.784. The first-order chi connectivity index (χ1) is 11.1. The number of rotatable bonds is 4. The van der Waals surface area contributed by atoms with Gasteiger partial charge in [-0.15, -0.1) is 11.3 Å². The number of carbonyl (C=O) groups excluding carboxylic acids is 1. The van der Waals surface area contributed by atoms with Gasteiger partial charge in [-0.1, -0.05) is 36.4 Å². The number of nitrogens with zero attached hydrogens (tertiary/aromatic N) is 1. The molecule has 0 saturated carbocycles. The van der Waals surface area contributed by atoms with Crippen LogP contribution in [-0.4, -0.2) is 21.4 Å². The highest BCUT2D eigenvalue weighted by Crippen LogP contribution is 2.22. The van der Waals surface area contributed by atoms with E-state index in [-0.39, 0.29) is 5.91 Å². The molecule has 0 spiro atoms. The van der Waals surface area contributed by atoms with Crippen LogP contribution in [-0.2, 0) is 10.8 Å². The Hall–Kier alpha value is -2.31. The van der Waals surface area contributed by atoms with E-state index in [1.165, 1.54) is 11.3 Å². The zero-order chi connectivity index (χ0) is 16.2. The van der Waals surface area contributed by atoms with Gasteiger partial charge in [-0.05, 0) is 18.2 Å². The summed E-state index contributed by atoms with van der Waals surface area (Å²) in [5, 5.41) is 5.05. The van der Waals surface area contributed by atoms with Crippen molar-refractivity contribution in [1.29, 1.82) is 0 Å². The van der Waals surface area contributed by atoms with Gasteiger partial charge in [0.2, 0.25) is 0 Å². The fourth-order valence-corrected chi connectivity index (χ4v) is 3.34. The fourth-order valence-electron chi connectivity index (χ4n) is 2.06. The molecule has 1 amide bonds. The van der Waals surface area contributed by atoms with Gasteiger partial charge in [0.25, 0.3) is 5.91 Å². The lowest BCUT2D eigenvalue weighted by Gasteiger charge is -2.04. The van der Waals surface area contributed by atoms with Gasteiger partial charge in [-0.25, -0.2) is 4.98 Å². The third kappa shape index (κ3) is 3.72. The summed E-state index contributed by atoms with van der Waals surface area (Å²) in [6.45, 7) is 0. The molecule has 0 unspecified atom stereocenters. The highest BCUT2D eigenvalue weighted by Gasteiger charge is 2.12. The zero-order valence-electron chi connectivity index (χ0n) is 12.4. The molecule has 0 saturated heterocycles. The Balaban J connectivity index is 1.78. The summed E-state index contributed by atoms with van der Waals surface area (Å²) in [7, 11) is -1.08. The molecule has 0 radical (unpaired) electrons. The lowest BCUT2D eigenvalue weighted by Crippen LogP contribution is -2.11. The highest BCUT2D eigenvalue weighted by molar-refractivity contribution is 7.84. The van der Waals surface area contributed by atoms with Crippen molar-refractivity contribution in [2.24, 2.45) is 0 Å². The molecule has 2 aromatic carbocycles. The van der Waals surface area contributed by atoms with Gasteiger partial charge in [-0.2, -0.15) is 0 Å². The number of amides is 1. The van der Waals surface area contributed by atoms with Crippen LogP contribution in [0, 0.1) is 0 Å². The second-order valence-corrected chi connectivity index (χ2v) is 7.08. The summed E-state index contributed by atoms with van der Waals surface area (Å²) < 4.78 is 11.5. The summed E-state index contributed by atoms with van der Waals surface area (Å²) in [6.07, 6.45) is 1.61. The summed E-state index contributed by atoms with van der Waals surface area (Å²) in [4.78, 5) is 17.4. The summed E-state index contributed by atoms with van der Waals surface area (Å²) in [5.74, 6) is -0.267. The third-order valence-electron chi connectivity index (χ3n) is 3.19. The van der Waals surface area contributed by atoms with Crippen molar-refractivity contribution in [3.05, 3.63) is 65.0 Å². The molecule has 1 heterocycles. The average Bonchev–Trinajstić information content (AvgIpc) is 3.06. The van der Waals surface area contributed by atoms with Crippen LogP contribution in [0.3, 0.4) is 0 Å². The molecule has 1 atom stereocenters. The van der Waals surface area contributed by atoms with E-state index in [2.05, 4.69) is 10.3 Å². The topological polar surface area (TPSA) is 59.1 Å². The van der Waals surface area contributed by atoms with Gasteiger partial charge in [-0.3, -0.25) is 9.00 Å². The lowest BCUT2D eigenvalue weighted by molar-refractivity contribution is 0.102. The number of benzene rings is 2. The normalized spacial score (nSPS) is 11.9. The van der Waals surface area contributed by atoms with Gasteiger partial charge in [0.05, 0.1) is 5.69 Å². The van der Waals surface area contributed by atoms with Crippen molar-refractivity contribution < 1.29 is 9.00 Å². The van der Waals surface area contributed by atoms with Crippen molar-refractivity contribution in [2.75, 3.05) is 11.6 Å². The number of aromatic nitrogens is 1. The van der Waals surface area contributed by atoms with E-state index >= 15 is 0 Å². The molecule has 0 fully saturated rings. The summed E-state index contributed by atoms with van der Waals surface area (Å²) in [5.41, 5.74) is 2.37. The predicted octanol–water partition coefficient (Wildman–Crippen LogP) is 3.80. The van der Waals surface area contributed by atoms with Crippen LogP contribution >= 0.6 is 11.3 Å². The minimum atomic E-state index is -1.08. The van der Waals surface area contributed by atoms with E-state index in [9.17, 15) is 9.00 Å². The van der Waals surface area contributed by atoms with E-state index in [1.807, 2.05) is 35.7 Å². The maximum Gasteiger partial charge on any atom is 0.284 e. The Morgan fingerprint density at radius 3 is 2.65 bits per heavy atom. The molecular weight excluding hydrogens is 328 g/mol. The Kier molecular flexibility index (Phi) is 4.64. The lowest BCUT2D eigenvalue weighted by atomic mass is 10.2. The fraction of sp³-hybridized carbons (Fsp3) is 0.0588. The van der Waals surface area contributed by atoms with Crippen LogP contribution in [0.4, 0.5) is 5.69 Å². The molecule has 1 aromatic heterocycles. The summed E-state index contributed by atoms with van der Waals surface area (Å²) >= 11 is 1.30. The van der Waals surface area contributed by atoms with Gasteiger partial charge < -0.3 is 5.32 Å². The van der Waals surface area contributed by atoms with Crippen LogP contribution in [0.5, 0.6) is 0 Å². The van der Waals surface area contributed by atoms with Crippen molar-refractivity contribution in [3.63, 3.8) is 0 Å². The van der Waals surface area contributed by atoms with Crippen molar-refractivity contribution >= 4 is 33.7 Å². The van der Waals surface area contributed by atoms with Crippen LogP contribution < -0.4 is 5.32 Å². The van der Waals surface area contributed by atoms with E-state index in [1.54, 1.807) is 30.5 Å². The molecule has 3 aromatic rings. The average molecular weight is 342 g/mol. The minimum absolute atomic E-state index is 0.267. The molecule has 1 N–H and O–H groups in total. The first kappa shape index (κ1) is 15.6. The van der Waals surface area contributed by atoms with Crippen LogP contribution in [0.2, 0.25) is 0 Å². The SMILES string of the molecule is C[S@@](=O)c1cccc(NC(=O)c2nc(-c3ccccc3)cs2)c1. The smallest absolute Gasteiger partial charge is 0.284 e. The molecule has 0 aliphatic heterocycles. The Bertz CT molecular complexity index is 860. The predicted molar refractivity (Wildman–Crippen MR) is 94.3 cm³/mol. The van der Waals surface area contributed by atoms with E-state index in [4.69, 9.17) is 0 Å². The van der Waals surface area contributed by atoms with Crippen LogP contribution in [0.15, 0.2) is 64.9 Å². The van der Waals surface area contributed by atoms with Gasteiger partial charge >= 0.3 is 0 Å². The second kappa shape index (κ2) is 6.85. The monoisotopic (exact) mass is 342 g/mol. The van der Waals surface area contributed by atoms with Crippen molar-refractivity contribution in [2.45, 2.75) is 4.90 Å². The molecule has 0 aliphatic rings. The number of nitrogens with one attached hydrogen (secondary N) is 1. The first-order valence-corrected chi connectivity index (χ1v) is 9.33. The van der Waals surface area contributed by atoms with Gasteiger partial charge in [0.1, 0.15) is 0 Å². The van der Waals surface area contributed by atoms with Crippen LogP contribution in [0.1, 0.15) is 9.80 Å². The highest BCUT2D eigenvalue weighted by atomic mass is 32.2. The number of hydrogen-bond donors (Lipinski definition) is 1. The number of thiazole rings is 1. The van der Waals surface area contributed by atoms with Crippen molar-refractivity contribution in [3.8, 4) is 11.3 Å². The maximum atomic E-state index is 12.3. The number of hydrogen-bond acceptors (Lipinski definition) is 4. The van der Waals surface area contributed by atoms with E-state index in [0.717, 1.165) is 11.3 Å². The Labute approximate surface area is 140 Å². The number of carbonyl (C=O) groups is 1. The minimum Gasteiger partial charge on any atom is -0.320 e. The van der Waals surface area contributed by atoms with Gasteiger partial charge in [0.15, 0.2) is 5.01 Å². The molecule has 3 rings (SSSR count). The third-order valence-corrected chi connectivity index (χ3v) is 4.95. The molecule has 0 bridgehead atoms. The standard InChI is InChI=1S/C17H14N2O2S2/c1-23(21)14-9-5-8-13(10-14)18-16(20)17-19-15(11-22-17)12-6-3-2-4-7-12/h2-11H,1H3,(H,18,20)/t23-/m1/s1. The zero-order valence-corrected chi connectivity index (χ0v) is 14.0. The first-order valence-electron chi connectivity index (χ1n) is 6.89. The molecule has 0 aliphatic carbocycles. The van der Waals surface area contributed by atoms with E-state index < -0.39 is 10.8 Å². The molecule has 23 heavy (non-hydrogen) atoms. The maximum absolute atomic E-state index is 12.3. The molecule has 6 heteroatoms. The van der Waals surface area contributed by atoms with E-state index in [0.29, 0.717) is 15.6 Å². The number of anilines is 1. The molecule has 116 valence electrons. The van der Waals surface area contributed by atoms with Crippen molar-refractivity contribution in [1.82, 2.24) is 4.98 Å². The van der Waals surface area contributed by atoms with Crippen LogP contribution in [0.25, 0.3) is 11.3 Å². The second-order valence-electron chi connectivity index (χ2n) is 4.84. The Morgan fingerprint density at radius 1 is 1.13 bits per heavy atom. The van der Waals surface area contributed by atoms with Gasteiger partial charge in [0, 0.05) is 38.6 Å². The molecular formula is C17H14N2O2S2.